The van der Waals surface area contributed by atoms with Crippen molar-refractivity contribution in [2.24, 2.45) is 5.73 Å². The second-order valence-electron chi connectivity index (χ2n) is 3.15. The summed E-state index contributed by atoms with van der Waals surface area (Å²) in [5, 5.41) is 2.72. The maximum absolute atomic E-state index is 11.2. The van der Waals surface area contributed by atoms with Crippen LogP contribution in [0.2, 0.25) is 0 Å². The van der Waals surface area contributed by atoms with Crippen molar-refractivity contribution >= 4 is 11.6 Å². The number of hydrogen-bond donors (Lipinski definition) is 2. The Morgan fingerprint density at radius 2 is 2.12 bits per heavy atom. The topological polar surface area (TPSA) is 64.3 Å². The smallest absolute Gasteiger partial charge is 0.248 e. The van der Waals surface area contributed by atoms with Gasteiger partial charge in [-0.1, -0.05) is 6.08 Å². The Kier molecular flexibility index (Phi) is 5.08. The summed E-state index contributed by atoms with van der Waals surface area (Å²) in [6, 6.07) is 7.16. The van der Waals surface area contributed by atoms with Crippen molar-refractivity contribution in [2.75, 3.05) is 18.5 Å². The van der Waals surface area contributed by atoms with Gasteiger partial charge < -0.3 is 15.8 Å². The monoisotopic (exact) mass is 220 g/mol. The van der Waals surface area contributed by atoms with Gasteiger partial charge in [0.2, 0.25) is 5.91 Å². The fourth-order valence-corrected chi connectivity index (χ4v) is 1.15. The number of nitrogens with one attached hydrogen (secondary N) is 1. The summed E-state index contributed by atoms with van der Waals surface area (Å²) < 4.78 is 5.31. The quantitative estimate of drug-likeness (QED) is 0.740. The summed E-state index contributed by atoms with van der Waals surface area (Å²) in [7, 11) is 0. The molecule has 0 aliphatic carbocycles. The number of allylic oxidation sites excluding steroid dienone is 1. The van der Waals surface area contributed by atoms with Crippen LogP contribution in [0.25, 0.3) is 0 Å². The van der Waals surface area contributed by atoms with Crippen LogP contribution < -0.4 is 15.8 Å². The van der Waals surface area contributed by atoms with Gasteiger partial charge in [-0.2, -0.15) is 0 Å². The van der Waals surface area contributed by atoms with Crippen molar-refractivity contribution in [3.63, 3.8) is 0 Å². The minimum Gasteiger partial charge on any atom is -0.492 e. The average molecular weight is 220 g/mol. The van der Waals surface area contributed by atoms with Gasteiger partial charge in [0.15, 0.2) is 0 Å². The zero-order chi connectivity index (χ0) is 11.8. The van der Waals surface area contributed by atoms with E-state index >= 15 is 0 Å². The van der Waals surface area contributed by atoms with Crippen molar-refractivity contribution in [1.82, 2.24) is 0 Å². The average Bonchev–Trinajstić information content (AvgIpc) is 2.28. The van der Waals surface area contributed by atoms with E-state index in [-0.39, 0.29) is 5.91 Å². The third-order valence-corrected chi connectivity index (χ3v) is 1.83. The zero-order valence-electron chi connectivity index (χ0n) is 9.27. The van der Waals surface area contributed by atoms with Gasteiger partial charge in [-0.3, -0.25) is 4.79 Å². The number of hydrogen-bond acceptors (Lipinski definition) is 3. The Morgan fingerprint density at radius 1 is 1.44 bits per heavy atom. The molecule has 1 amide bonds. The standard InChI is InChI=1S/C12H16N2O2/c1-2-3-12(15)14-10-4-6-11(7-5-10)16-9-8-13/h2-7H,8-9,13H2,1H3,(H,14,15)/b3-2+. The maximum Gasteiger partial charge on any atom is 0.248 e. The summed E-state index contributed by atoms with van der Waals surface area (Å²) >= 11 is 0. The van der Waals surface area contributed by atoms with E-state index in [9.17, 15) is 4.79 Å². The Balaban J connectivity index is 2.54. The largest absolute Gasteiger partial charge is 0.492 e. The normalized spacial score (nSPS) is 10.4. The van der Waals surface area contributed by atoms with Gasteiger partial charge in [-0.25, -0.2) is 0 Å². The van der Waals surface area contributed by atoms with Crippen LogP contribution in [0.15, 0.2) is 36.4 Å². The van der Waals surface area contributed by atoms with Crippen molar-refractivity contribution in [1.29, 1.82) is 0 Å². The molecule has 0 aromatic heterocycles. The number of nitrogens with two attached hydrogens (primary N) is 1. The number of carbonyl (C=O) groups excluding carboxylic acids is 1. The first-order valence-corrected chi connectivity index (χ1v) is 5.13. The summed E-state index contributed by atoms with van der Waals surface area (Å²) in [6.45, 7) is 2.77. The van der Waals surface area contributed by atoms with Crippen LogP contribution in [0.1, 0.15) is 6.92 Å². The lowest BCUT2D eigenvalue weighted by molar-refractivity contribution is -0.111. The molecule has 0 atom stereocenters. The van der Waals surface area contributed by atoms with E-state index in [4.69, 9.17) is 10.5 Å². The first-order chi connectivity index (χ1) is 7.76. The summed E-state index contributed by atoms with van der Waals surface area (Å²) in [6.07, 6.45) is 3.16. The fraction of sp³-hybridized carbons (Fsp3) is 0.250. The molecular formula is C12H16N2O2. The lowest BCUT2D eigenvalue weighted by atomic mass is 10.3. The van der Waals surface area contributed by atoms with Gasteiger partial charge in [0.1, 0.15) is 12.4 Å². The molecule has 0 heterocycles. The third-order valence-electron chi connectivity index (χ3n) is 1.83. The van der Waals surface area contributed by atoms with E-state index in [0.717, 1.165) is 11.4 Å². The first-order valence-electron chi connectivity index (χ1n) is 5.13. The van der Waals surface area contributed by atoms with Gasteiger partial charge in [0.25, 0.3) is 0 Å². The van der Waals surface area contributed by atoms with Crippen LogP contribution in [0.3, 0.4) is 0 Å². The first kappa shape index (κ1) is 12.3. The Hall–Kier alpha value is -1.81. The van der Waals surface area contributed by atoms with Gasteiger partial charge in [-0.05, 0) is 37.3 Å². The van der Waals surface area contributed by atoms with Crippen LogP contribution in [-0.2, 0) is 4.79 Å². The molecule has 3 N–H and O–H groups in total. The van der Waals surface area contributed by atoms with Gasteiger partial charge >= 0.3 is 0 Å². The van der Waals surface area contributed by atoms with E-state index in [2.05, 4.69) is 5.32 Å². The molecule has 0 fully saturated rings. The number of carbonyl (C=O) groups is 1. The predicted octanol–water partition coefficient (Wildman–Crippen LogP) is 1.54. The molecule has 1 aromatic rings. The van der Waals surface area contributed by atoms with E-state index in [1.54, 1.807) is 37.3 Å². The Labute approximate surface area is 95.1 Å². The second kappa shape index (κ2) is 6.63. The molecule has 0 bridgehead atoms. The molecular weight excluding hydrogens is 204 g/mol. The number of benzene rings is 1. The number of anilines is 1. The lowest BCUT2D eigenvalue weighted by Crippen LogP contribution is -2.10. The highest BCUT2D eigenvalue weighted by molar-refractivity contribution is 5.99. The fourth-order valence-electron chi connectivity index (χ4n) is 1.15. The van der Waals surface area contributed by atoms with Crippen LogP contribution in [0.5, 0.6) is 5.75 Å². The van der Waals surface area contributed by atoms with Gasteiger partial charge in [0.05, 0.1) is 0 Å². The van der Waals surface area contributed by atoms with Crippen molar-refractivity contribution < 1.29 is 9.53 Å². The molecule has 0 spiro atoms. The Morgan fingerprint density at radius 3 is 2.69 bits per heavy atom. The van der Waals surface area contributed by atoms with Gasteiger partial charge in [-0.15, -0.1) is 0 Å². The Bertz CT molecular complexity index is 358. The third kappa shape index (κ3) is 4.14. The second-order valence-corrected chi connectivity index (χ2v) is 3.15. The predicted molar refractivity (Wildman–Crippen MR) is 64.4 cm³/mol. The minimum absolute atomic E-state index is 0.141. The molecule has 1 rings (SSSR count). The molecule has 0 unspecified atom stereocenters. The molecule has 0 saturated carbocycles. The van der Waals surface area contributed by atoms with Crippen molar-refractivity contribution in [2.45, 2.75) is 6.92 Å². The van der Waals surface area contributed by atoms with E-state index in [1.807, 2.05) is 0 Å². The molecule has 0 saturated heterocycles. The van der Waals surface area contributed by atoms with E-state index in [1.165, 1.54) is 6.08 Å². The van der Waals surface area contributed by atoms with Crippen LogP contribution >= 0.6 is 0 Å². The molecule has 4 nitrogen and oxygen atoms in total. The number of ether oxygens (including phenoxy) is 1. The molecule has 4 heteroatoms. The maximum atomic E-state index is 11.2. The van der Waals surface area contributed by atoms with Crippen molar-refractivity contribution in [3.05, 3.63) is 36.4 Å². The molecule has 16 heavy (non-hydrogen) atoms. The summed E-state index contributed by atoms with van der Waals surface area (Å²) in [5.74, 6) is 0.604. The molecule has 0 aliphatic rings. The van der Waals surface area contributed by atoms with Gasteiger partial charge in [0, 0.05) is 12.2 Å². The summed E-state index contributed by atoms with van der Waals surface area (Å²) in [4.78, 5) is 11.2. The zero-order valence-corrected chi connectivity index (χ0v) is 9.27. The molecule has 86 valence electrons. The van der Waals surface area contributed by atoms with Crippen molar-refractivity contribution in [3.8, 4) is 5.75 Å². The minimum atomic E-state index is -0.141. The lowest BCUT2D eigenvalue weighted by Gasteiger charge is -2.06. The van der Waals surface area contributed by atoms with Crippen LogP contribution in [0.4, 0.5) is 5.69 Å². The number of amides is 1. The summed E-state index contributed by atoms with van der Waals surface area (Å²) in [5.41, 5.74) is 6.05. The highest BCUT2D eigenvalue weighted by atomic mass is 16.5. The SMILES string of the molecule is C/C=C/C(=O)Nc1ccc(OCCN)cc1. The highest BCUT2D eigenvalue weighted by Crippen LogP contribution is 2.15. The molecule has 0 aliphatic heterocycles. The van der Waals surface area contributed by atoms with Crippen LogP contribution in [-0.4, -0.2) is 19.1 Å². The van der Waals surface area contributed by atoms with Crippen LogP contribution in [0, 0.1) is 0 Å². The van der Waals surface area contributed by atoms with E-state index < -0.39 is 0 Å². The molecule has 1 aromatic carbocycles. The number of rotatable bonds is 5. The molecule has 0 radical (unpaired) electrons. The highest BCUT2D eigenvalue weighted by Gasteiger charge is 1.97. The van der Waals surface area contributed by atoms with E-state index in [0.29, 0.717) is 13.2 Å².